The molecule has 4 aliphatic carbocycles. The van der Waals surface area contributed by atoms with Gasteiger partial charge in [0.1, 0.15) is 0 Å². The number of hydrogen-bond acceptors (Lipinski definition) is 1. The van der Waals surface area contributed by atoms with Gasteiger partial charge in [-0.05, 0) is 129 Å². The van der Waals surface area contributed by atoms with E-state index in [-0.39, 0.29) is 0 Å². The van der Waals surface area contributed by atoms with Crippen molar-refractivity contribution in [3.63, 3.8) is 0 Å². The van der Waals surface area contributed by atoms with E-state index in [2.05, 4.69) is 264 Å². The van der Waals surface area contributed by atoms with E-state index in [1.807, 2.05) is 0 Å². The maximum absolute atomic E-state index is 3.74. The maximum atomic E-state index is 3.74. The SMILES string of the molecule is C1=C=C(c2ccccc2N(C2=CC=C(c3ccc(-n4c5ccccc5c5ccccc54)cc3)CC2)c2ccc(-c3ccccc3)cc2)C2=C(C=1)C1(c3ccccc32)c2ccccc2-c2ccccc21. The van der Waals surface area contributed by atoms with Gasteiger partial charge in [0.05, 0.1) is 22.1 Å². The van der Waals surface area contributed by atoms with Crippen molar-refractivity contribution in [2.75, 3.05) is 4.90 Å². The third-order valence-corrected chi connectivity index (χ3v) is 15.0. The Labute approximate surface area is 402 Å². The molecule has 1 heterocycles. The highest BCUT2D eigenvalue weighted by Crippen LogP contribution is 2.64. The largest absolute Gasteiger partial charge is 0.314 e. The Morgan fingerprint density at radius 1 is 0.435 bits per heavy atom. The standard InChI is InChI=1S/C67H44N2/c1-2-17-45(18-3-1)46-33-39-49(40-34-46)68(50-41-35-47(36-42-50)48-37-43-51(44-38-48)69-64-31-14-7-21-54(64)55-22-8-15-32-65(55)69)63-30-13-9-23-56(63)57-25-16-29-62-66(57)58-24-6-12-28-61(58)67(62)59-26-10-4-19-52(59)53-20-5-11-27-60(53)67/h1-15,17-24,26-35,37-41,43-44H,36,42H2. The van der Waals surface area contributed by atoms with Gasteiger partial charge in [-0.1, -0.05) is 200 Å². The highest BCUT2D eigenvalue weighted by Gasteiger charge is 2.53. The molecule has 14 rings (SSSR count). The van der Waals surface area contributed by atoms with Crippen molar-refractivity contribution in [3.05, 3.63) is 299 Å². The summed E-state index contributed by atoms with van der Waals surface area (Å²) in [6, 6.07) is 82.3. The van der Waals surface area contributed by atoms with Gasteiger partial charge < -0.3 is 9.47 Å². The normalized spacial score (nSPS) is 14.9. The molecule has 69 heavy (non-hydrogen) atoms. The minimum absolute atomic E-state index is 0.462. The summed E-state index contributed by atoms with van der Waals surface area (Å²) in [6.45, 7) is 0. The van der Waals surface area contributed by atoms with Crippen LogP contribution in [0.25, 0.3) is 66.5 Å². The first kappa shape index (κ1) is 39.3. The molecule has 9 aromatic carbocycles. The van der Waals surface area contributed by atoms with Gasteiger partial charge in [0.25, 0.3) is 0 Å². The topological polar surface area (TPSA) is 8.17 Å². The van der Waals surface area contributed by atoms with Crippen LogP contribution in [0.3, 0.4) is 0 Å². The second kappa shape index (κ2) is 15.6. The minimum atomic E-state index is -0.462. The number of anilines is 2. The van der Waals surface area contributed by atoms with Crippen molar-refractivity contribution in [2.45, 2.75) is 18.3 Å². The van der Waals surface area contributed by atoms with Crippen molar-refractivity contribution in [3.8, 4) is 27.9 Å². The first-order valence-corrected chi connectivity index (χ1v) is 24.1. The van der Waals surface area contributed by atoms with E-state index in [0.717, 1.165) is 35.4 Å². The number of rotatable bonds is 7. The fourth-order valence-corrected chi connectivity index (χ4v) is 12.1. The van der Waals surface area contributed by atoms with Gasteiger partial charge >= 0.3 is 0 Å². The second-order valence-corrected chi connectivity index (χ2v) is 18.5. The molecule has 0 unspecified atom stereocenters. The van der Waals surface area contributed by atoms with E-state index in [0.29, 0.717) is 0 Å². The van der Waals surface area contributed by atoms with Crippen LogP contribution in [0.2, 0.25) is 0 Å². The molecule has 1 spiro atoms. The lowest BCUT2D eigenvalue weighted by Crippen LogP contribution is -2.26. The molecule has 0 atom stereocenters. The molecular weight excluding hydrogens is 833 g/mol. The molecule has 0 bridgehead atoms. The predicted octanol–water partition coefficient (Wildman–Crippen LogP) is 16.8. The summed E-state index contributed by atoms with van der Waals surface area (Å²) in [5.41, 5.74) is 31.5. The first-order chi connectivity index (χ1) is 34.3. The van der Waals surface area contributed by atoms with Gasteiger partial charge in [0.2, 0.25) is 0 Å². The fourth-order valence-electron chi connectivity index (χ4n) is 12.1. The molecule has 1 aromatic heterocycles. The summed E-state index contributed by atoms with van der Waals surface area (Å²) in [7, 11) is 0. The molecule has 10 aromatic rings. The number of hydrogen-bond donors (Lipinski definition) is 0. The molecule has 0 aliphatic heterocycles. The van der Waals surface area contributed by atoms with E-state index < -0.39 is 5.41 Å². The fraction of sp³-hybridized carbons (Fsp3) is 0.0448. The predicted molar refractivity (Wildman–Crippen MR) is 287 cm³/mol. The third-order valence-electron chi connectivity index (χ3n) is 15.0. The van der Waals surface area contributed by atoms with E-state index in [4.69, 9.17) is 0 Å². The number of nitrogens with zero attached hydrogens (tertiary/aromatic N) is 2. The number of aromatic nitrogens is 1. The zero-order valence-electron chi connectivity index (χ0n) is 37.9. The van der Waals surface area contributed by atoms with Gasteiger partial charge in [-0.15, -0.1) is 0 Å². The maximum Gasteiger partial charge on any atom is 0.0732 e. The van der Waals surface area contributed by atoms with E-state index in [1.54, 1.807) is 0 Å². The van der Waals surface area contributed by atoms with Crippen molar-refractivity contribution in [2.24, 2.45) is 0 Å². The molecule has 2 nitrogen and oxygen atoms in total. The van der Waals surface area contributed by atoms with Crippen LogP contribution in [0.4, 0.5) is 11.4 Å². The van der Waals surface area contributed by atoms with Gasteiger partial charge in [0, 0.05) is 44.6 Å². The molecule has 4 aliphatic rings. The lowest BCUT2D eigenvalue weighted by molar-refractivity contribution is 0.786. The van der Waals surface area contributed by atoms with Crippen LogP contribution >= 0.6 is 0 Å². The Balaban J connectivity index is 0.894. The van der Waals surface area contributed by atoms with Crippen molar-refractivity contribution < 1.29 is 0 Å². The van der Waals surface area contributed by atoms with Crippen LogP contribution < -0.4 is 4.90 Å². The summed E-state index contributed by atoms with van der Waals surface area (Å²) >= 11 is 0. The summed E-state index contributed by atoms with van der Waals surface area (Å²) in [6.07, 6.45) is 8.70. The number of para-hydroxylation sites is 3. The zero-order chi connectivity index (χ0) is 45.5. The Bertz CT molecular complexity index is 3850. The van der Waals surface area contributed by atoms with Gasteiger partial charge in [-0.3, -0.25) is 0 Å². The van der Waals surface area contributed by atoms with Crippen molar-refractivity contribution in [1.82, 2.24) is 4.57 Å². The molecule has 0 radical (unpaired) electrons. The molecular formula is C67H44N2. The van der Waals surface area contributed by atoms with Gasteiger partial charge in [0.15, 0.2) is 0 Å². The van der Waals surface area contributed by atoms with Gasteiger partial charge in [-0.25, -0.2) is 0 Å². The third kappa shape index (κ3) is 5.88. The van der Waals surface area contributed by atoms with Crippen LogP contribution in [0.1, 0.15) is 46.2 Å². The highest BCUT2D eigenvalue weighted by molar-refractivity contribution is 6.15. The molecule has 2 heteroatoms. The summed E-state index contributed by atoms with van der Waals surface area (Å²) in [5, 5.41) is 2.55. The average Bonchev–Trinajstić information content (AvgIpc) is 4.04. The summed E-state index contributed by atoms with van der Waals surface area (Å²) in [5.74, 6) is 0. The van der Waals surface area contributed by atoms with Crippen molar-refractivity contribution in [1.29, 1.82) is 0 Å². The van der Waals surface area contributed by atoms with Crippen LogP contribution in [0, 0.1) is 0 Å². The molecule has 322 valence electrons. The van der Waals surface area contributed by atoms with Crippen molar-refractivity contribution >= 4 is 49.9 Å². The number of fused-ring (bicyclic) bond motifs is 12. The smallest absolute Gasteiger partial charge is 0.0732 e. The Morgan fingerprint density at radius 3 is 1.62 bits per heavy atom. The lowest BCUT2D eigenvalue weighted by Gasteiger charge is -2.33. The first-order valence-electron chi connectivity index (χ1n) is 24.1. The summed E-state index contributed by atoms with van der Waals surface area (Å²) < 4.78 is 2.39. The Hall–Kier alpha value is -8.90. The quantitative estimate of drug-likeness (QED) is 0.145. The number of benzene rings is 9. The molecule has 0 saturated heterocycles. The minimum Gasteiger partial charge on any atom is -0.314 e. The molecule has 0 fully saturated rings. The van der Waals surface area contributed by atoms with E-state index in [1.165, 1.54) is 100.0 Å². The van der Waals surface area contributed by atoms with E-state index >= 15 is 0 Å². The van der Waals surface area contributed by atoms with Crippen LogP contribution in [-0.2, 0) is 5.41 Å². The lowest BCUT2D eigenvalue weighted by atomic mass is 9.69. The molecule has 0 N–H and O–H groups in total. The van der Waals surface area contributed by atoms with E-state index in [9.17, 15) is 0 Å². The van der Waals surface area contributed by atoms with Crippen LogP contribution in [0.5, 0.6) is 0 Å². The van der Waals surface area contributed by atoms with Crippen LogP contribution in [-0.4, -0.2) is 4.57 Å². The zero-order valence-corrected chi connectivity index (χ0v) is 37.9. The average molecular weight is 877 g/mol. The Kier molecular flexibility index (Phi) is 8.88. The number of allylic oxidation sites excluding steroid dienone is 8. The summed E-state index contributed by atoms with van der Waals surface area (Å²) in [4.78, 5) is 2.49. The molecule has 0 amide bonds. The molecule has 0 saturated carbocycles. The second-order valence-electron chi connectivity index (χ2n) is 18.5. The Morgan fingerprint density at radius 2 is 0.971 bits per heavy atom. The highest BCUT2D eigenvalue weighted by atomic mass is 15.2. The van der Waals surface area contributed by atoms with Gasteiger partial charge in [-0.2, -0.15) is 0 Å². The van der Waals surface area contributed by atoms with Crippen LogP contribution in [0.15, 0.2) is 265 Å². The monoisotopic (exact) mass is 876 g/mol.